The van der Waals surface area contributed by atoms with Gasteiger partial charge in [-0.3, -0.25) is 14.5 Å². The lowest BCUT2D eigenvalue weighted by Gasteiger charge is -2.33. The molecule has 6 heteroatoms. The zero-order valence-corrected chi connectivity index (χ0v) is 12.0. The molecule has 0 radical (unpaired) electrons. The molecule has 0 unspecified atom stereocenters. The average molecular weight is 282 g/mol. The summed E-state index contributed by atoms with van der Waals surface area (Å²) >= 11 is 1.53. The molecule has 1 amide bonds. The van der Waals surface area contributed by atoms with Gasteiger partial charge in [0.2, 0.25) is 0 Å². The summed E-state index contributed by atoms with van der Waals surface area (Å²) in [6.45, 7) is 6.53. The van der Waals surface area contributed by atoms with Crippen molar-refractivity contribution in [2.45, 2.75) is 13.8 Å². The molecule has 104 valence electrons. The molecular weight excluding hydrogens is 264 g/mol. The van der Waals surface area contributed by atoms with Crippen LogP contribution in [0.1, 0.15) is 20.1 Å². The molecule has 1 N–H and O–H groups in total. The van der Waals surface area contributed by atoms with E-state index in [0.29, 0.717) is 26.2 Å². The van der Waals surface area contributed by atoms with Gasteiger partial charge in [0.1, 0.15) is 0 Å². The van der Waals surface area contributed by atoms with Crippen molar-refractivity contribution in [1.82, 2.24) is 9.80 Å². The zero-order chi connectivity index (χ0) is 14.0. The molecule has 0 atom stereocenters. The molecule has 0 saturated carbocycles. The van der Waals surface area contributed by atoms with E-state index < -0.39 is 5.97 Å². The first-order chi connectivity index (χ1) is 8.97. The molecule has 0 spiro atoms. The minimum absolute atomic E-state index is 0.0548. The first kappa shape index (κ1) is 14.0. The molecule has 1 saturated heterocycles. The van der Waals surface area contributed by atoms with E-state index in [9.17, 15) is 9.59 Å². The molecule has 0 aliphatic carbocycles. The normalized spacial score (nSPS) is 16.6. The second-order valence-corrected chi connectivity index (χ2v) is 6.07. The Labute approximate surface area is 116 Å². The van der Waals surface area contributed by atoms with Crippen LogP contribution in [0.5, 0.6) is 0 Å². The highest BCUT2D eigenvalue weighted by Gasteiger charge is 2.24. The van der Waals surface area contributed by atoms with Gasteiger partial charge in [-0.2, -0.15) is 0 Å². The lowest BCUT2D eigenvalue weighted by Crippen LogP contribution is -2.49. The number of carbonyl (C=O) groups is 2. The fourth-order valence-corrected chi connectivity index (χ4v) is 3.14. The van der Waals surface area contributed by atoms with Gasteiger partial charge in [-0.25, -0.2) is 0 Å². The Morgan fingerprint density at radius 1 is 1.26 bits per heavy atom. The van der Waals surface area contributed by atoms with Crippen LogP contribution >= 0.6 is 11.3 Å². The third-order valence-corrected chi connectivity index (χ3v) is 4.54. The molecule has 1 aromatic heterocycles. The number of carbonyl (C=O) groups excluding carboxylic acids is 1. The highest BCUT2D eigenvalue weighted by atomic mass is 32.1. The SMILES string of the molecule is Cc1cc(C(=O)N2CCN(CC(=O)O)CC2)sc1C. The number of carboxylic acids is 1. The topological polar surface area (TPSA) is 60.9 Å². The molecule has 19 heavy (non-hydrogen) atoms. The molecule has 1 aliphatic rings. The second-order valence-electron chi connectivity index (χ2n) is 4.81. The molecule has 1 aromatic rings. The number of nitrogens with zero attached hydrogens (tertiary/aromatic N) is 2. The Hall–Kier alpha value is -1.40. The first-order valence-electron chi connectivity index (χ1n) is 6.28. The third kappa shape index (κ3) is 3.33. The summed E-state index contributed by atoms with van der Waals surface area (Å²) in [7, 11) is 0. The monoisotopic (exact) mass is 282 g/mol. The van der Waals surface area contributed by atoms with Crippen LogP contribution in [-0.2, 0) is 4.79 Å². The molecule has 0 aromatic carbocycles. The maximum atomic E-state index is 12.3. The summed E-state index contributed by atoms with van der Waals surface area (Å²) in [5, 5.41) is 8.73. The van der Waals surface area contributed by atoms with Crippen molar-refractivity contribution in [3.63, 3.8) is 0 Å². The summed E-state index contributed by atoms with van der Waals surface area (Å²) < 4.78 is 0. The van der Waals surface area contributed by atoms with Gasteiger partial charge in [0.15, 0.2) is 0 Å². The van der Waals surface area contributed by atoms with E-state index in [4.69, 9.17) is 5.11 Å². The van der Waals surface area contributed by atoms with Crippen LogP contribution in [0.4, 0.5) is 0 Å². The molecule has 5 nitrogen and oxygen atoms in total. The lowest BCUT2D eigenvalue weighted by molar-refractivity contribution is -0.138. The van der Waals surface area contributed by atoms with Gasteiger partial charge >= 0.3 is 5.97 Å². The maximum absolute atomic E-state index is 12.3. The maximum Gasteiger partial charge on any atom is 0.317 e. The van der Waals surface area contributed by atoms with Crippen LogP contribution in [0.15, 0.2) is 6.07 Å². The summed E-state index contributed by atoms with van der Waals surface area (Å²) in [5.74, 6) is -0.750. The summed E-state index contributed by atoms with van der Waals surface area (Å²) in [6.07, 6.45) is 0. The van der Waals surface area contributed by atoms with Gasteiger partial charge < -0.3 is 10.0 Å². The molecule has 1 aliphatic heterocycles. The third-order valence-electron chi connectivity index (χ3n) is 3.40. The van der Waals surface area contributed by atoms with E-state index in [1.807, 2.05) is 29.7 Å². The number of piperazine rings is 1. The number of thiophene rings is 1. The van der Waals surface area contributed by atoms with Crippen LogP contribution in [0.2, 0.25) is 0 Å². The van der Waals surface area contributed by atoms with Gasteiger partial charge in [0.25, 0.3) is 5.91 Å². The number of rotatable bonds is 3. The van der Waals surface area contributed by atoms with Crippen molar-refractivity contribution >= 4 is 23.2 Å². The van der Waals surface area contributed by atoms with Gasteiger partial charge in [-0.05, 0) is 25.5 Å². The van der Waals surface area contributed by atoms with E-state index in [1.54, 1.807) is 0 Å². The van der Waals surface area contributed by atoms with E-state index >= 15 is 0 Å². The molecule has 0 bridgehead atoms. The van der Waals surface area contributed by atoms with Crippen molar-refractivity contribution in [3.05, 3.63) is 21.4 Å². The summed E-state index contributed by atoms with van der Waals surface area (Å²) in [5.41, 5.74) is 1.15. The van der Waals surface area contributed by atoms with Crippen molar-refractivity contribution in [2.24, 2.45) is 0 Å². The van der Waals surface area contributed by atoms with Crippen molar-refractivity contribution < 1.29 is 14.7 Å². The van der Waals surface area contributed by atoms with Gasteiger partial charge in [-0.1, -0.05) is 0 Å². The van der Waals surface area contributed by atoms with Gasteiger partial charge in [0, 0.05) is 31.1 Å². The number of aryl methyl sites for hydroxylation is 2. The number of carboxylic acid groups (broad SMARTS) is 1. The molecular formula is C13H18N2O3S. The molecule has 1 fully saturated rings. The highest BCUT2D eigenvalue weighted by molar-refractivity contribution is 7.14. The van der Waals surface area contributed by atoms with E-state index in [2.05, 4.69) is 0 Å². The summed E-state index contributed by atoms with van der Waals surface area (Å²) in [4.78, 5) is 28.5. The Bertz CT molecular complexity index is 471. The van der Waals surface area contributed by atoms with Crippen molar-refractivity contribution in [3.8, 4) is 0 Å². The quantitative estimate of drug-likeness (QED) is 0.905. The predicted octanol–water partition coefficient (Wildman–Crippen LogP) is 1.21. The Morgan fingerprint density at radius 3 is 2.37 bits per heavy atom. The Morgan fingerprint density at radius 2 is 1.89 bits per heavy atom. The number of aliphatic carboxylic acids is 1. The average Bonchev–Trinajstić information content (AvgIpc) is 2.69. The standard InChI is InChI=1S/C13H18N2O3S/c1-9-7-11(19-10(9)2)13(18)15-5-3-14(4-6-15)8-12(16)17/h7H,3-6,8H2,1-2H3,(H,16,17). The number of hydrogen-bond donors (Lipinski definition) is 1. The highest BCUT2D eigenvalue weighted by Crippen LogP contribution is 2.22. The smallest absolute Gasteiger partial charge is 0.317 e. The number of hydrogen-bond acceptors (Lipinski definition) is 4. The molecule has 2 rings (SSSR count). The lowest BCUT2D eigenvalue weighted by atomic mass is 10.2. The first-order valence-corrected chi connectivity index (χ1v) is 7.09. The predicted molar refractivity (Wildman–Crippen MR) is 73.8 cm³/mol. The van der Waals surface area contributed by atoms with Crippen LogP contribution in [0.25, 0.3) is 0 Å². The van der Waals surface area contributed by atoms with E-state index in [1.165, 1.54) is 16.2 Å². The minimum Gasteiger partial charge on any atom is -0.480 e. The largest absolute Gasteiger partial charge is 0.480 e. The minimum atomic E-state index is -0.815. The van der Waals surface area contributed by atoms with Crippen molar-refractivity contribution in [1.29, 1.82) is 0 Å². The molecule has 2 heterocycles. The number of amides is 1. The Balaban J connectivity index is 1.94. The van der Waals surface area contributed by atoms with E-state index in [0.717, 1.165) is 10.4 Å². The van der Waals surface area contributed by atoms with Crippen LogP contribution in [0.3, 0.4) is 0 Å². The van der Waals surface area contributed by atoms with Gasteiger partial charge in [-0.15, -0.1) is 11.3 Å². The fraction of sp³-hybridized carbons (Fsp3) is 0.538. The fourth-order valence-electron chi connectivity index (χ4n) is 2.13. The zero-order valence-electron chi connectivity index (χ0n) is 11.2. The van der Waals surface area contributed by atoms with E-state index in [-0.39, 0.29) is 12.5 Å². The van der Waals surface area contributed by atoms with Crippen LogP contribution < -0.4 is 0 Å². The van der Waals surface area contributed by atoms with Gasteiger partial charge in [0.05, 0.1) is 11.4 Å². The Kier molecular flexibility index (Phi) is 4.21. The summed E-state index contributed by atoms with van der Waals surface area (Å²) in [6, 6.07) is 1.94. The van der Waals surface area contributed by atoms with Crippen molar-refractivity contribution in [2.75, 3.05) is 32.7 Å². The van der Waals surface area contributed by atoms with Crippen LogP contribution in [-0.4, -0.2) is 59.5 Å². The van der Waals surface area contributed by atoms with Crippen LogP contribution in [0, 0.1) is 13.8 Å². The second kappa shape index (κ2) is 5.71.